The van der Waals surface area contributed by atoms with Gasteiger partial charge in [0, 0.05) is 23.7 Å². The molecule has 0 bridgehead atoms. The Morgan fingerprint density at radius 2 is 1.61 bits per heavy atom. The molecule has 0 radical (unpaired) electrons. The Labute approximate surface area is 264 Å². The highest BCUT2D eigenvalue weighted by molar-refractivity contribution is 7.92. The molecule has 1 aliphatic carbocycles. The molecule has 2 amide bonds. The number of nitrogens with zero attached hydrogens (tertiary/aromatic N) is 2. The minimum atomic E-state index is -4.20. The summed E-state index contributed by atoms with van der Waals surface area (Å²) in [4.78, 5) is 29.5. The normalized spacial score (nSPS) is 15.7. The molecule has 1 fully saturated rings. The molecule has 5 rings (SSSR count). The van der Waals surface area contributed by atoms with Crippen molar-refractivity contribution in [1.29, 1.82) is 0 Å². The van der Waals surface area contributed by atoms with Crippen LogP contribution in [0, 0.1) is 0 Å². The Bertz CT molecular complexity index is 1560. The lowest BCUT2D eigenvalue weighted by Crippen LogP contribution is -2.54. The molecule has 1 N–H and O–H groups in total. The number of ether oxygens (including phenoxy) is 2. The van der Waals surface area contributed by atoms with Gasteiger partial charge in [0.1, 0.15) is 25.8 Å². The molecule has 0 unspecified atom stereocenters. The topological polar surface area (TPSA) is 105 Å². The lowest BCUT2D eigenvalue weighted by atomic mass is 9.95. The van der Waals surface area contributed by atoms with Crippen LogP contribution in [0.4, 0.5) is 5.69 Å². The summed E-state index contributed by atoms with van der Waals surface area (Å²) in [7, 11) is -4.20. The Hall–Kier alpha value is -3.76. The van der Waals surface area contributed by atoms with Crippen molar-refractivity contribution in [2.75, 3.05) is 24.1 Å². The van der Waals surface area contributed by atoms with Gasteiger partial charge in [-0.1, -0.05) is 74.2 Å². The SMILES string of the molecule is CC[C@@H](C(=O)NC1CCCCC1)N(Cc1ccccc1Cl)C(=O)CN(c1ccc2c(c1)OCCO2)S(=O)(=O)c1ccccc1. The number of anilines is 1. The van der Waals surface area contributed by atoms with Gasteiger partial charge in [0.05, 0.1) is 10.6 Å². The molecule has 44 heavy (non-hydrogen) atoms. The molecule has 3 aromatic carbocycles. The smallest absolute Gasteiger partial charge is 0.264 e. The third-order valence-electron chi connectivity index (χ3n) is 8.06. The van der Waals surface area contributed by atoms with Gasteiger partial charge in [0.15, 0.2) is 11.5 Å². The fourth-order valence-electron chi connectivity index (χ4n) is 5.71. The second-order valence-electron chi connectivity index (χ2n) is 11.0. The van der Waals surface area contributed by atoms with Crippen LogP contribution < -0.4 is 19.1 Å². The number of carbonyl (C=O) groups is 2. The predicted octanol–water partition coefficient (Wildman–Crippen LogP) is 5.56. The molecule has 234 valence electrons. The quantitative estimate of drug-likeness (QED) is 0.294. The molecular formula is C33H38ClN3O6S. The molecule has 1 saturated carbocycles. The minimum Gasteiger partial charge on any atom is -0.486 e. The Morgan fingerprint density at radius 1 is 0.932 bits per heavy atom. The molecule has 11 heteroatoms. The zero-order valence-electron chi connectivity index (χ0n) is 24.8. The summed E-state index contributed by atoms with van der Waals surface area (Å²) in [6.45, 7) is 2.04. The van der Waals surface area contributed by atoms with Crippen LogP contribution >= 0.6 is 11.6 Å². The summed E-state index contributed by atoms with van der Waals surface area (Å²) in [6.07, 6.45) is 5.37. The van der Waals surface area contributed by atoms with E-state index in [1.165, 1.54) is 17.0 Å². The first-order chi connectivity index (χ1) is 21.3. The average Bonchev–Trinajstić information content (AvgIpc) is 3.05. The fraction of sp³-hybridized carbons (Fsp3) is 0.394. The maximum Gasteiger partial charge on any atom is 0.264 e. The van der Waals surface area contributed by atoms with Crippen LogP contribution in [-0.2, 0) is 26.2 Å². The van der Waals surface area contributed by atoms with E-state index in [2.05, 4.69) is 5.32 Å². The van der Waals surface area contributed by atoms with Gasteiger partial charge < -0.3 is 19.7 Å². The van der Waals surface area contributed by atoms with E-state index in [9.17, 15) is 18.0 Å². The molecule has 3 aromatic rings. The summed E-state index contributed by atoms with van der Waals surface area (Å²) in [6, 6.07) is 19.1. The number of benzene rings is 3. The molecular weight excluding hydrogens is 602 g/mol. The van der Waals surface area contributed by atoms with Crippen molar-refractivity contribution in [3.63, 3.8) is 0 Å². The number of rotatable bonds is 11. The summed E-state index contributed by atoms with van der Waals surface area (Å²) >= 11 is 6.51. The highest BCUT2D eigenvalue weighted by Crippen LogP contribution is 2.36. The Balaban J connectivity index is 1.51. The van der Waals surface area contributed by atoms with Gasteiger partial charge in [0.25, 0.3) is 10.0 Å². The summed E-state index contributed by atoms with van der Waals surface area (Å²) < 4.78 is 40.6. The van der Waals surface area contributed by atoms with Crippen molar-refractivity contribution in [3.05, 3.63) is 83.4 Å². The molecule has 1 atom stereocenters. The van der Waals surface area contributed by atoms with Gasteiger partial charge in [-0.2, -0.15) is 0 Å². The fourth-order valence-corrected chi connectivity index (χ4v) is 7.33. The minimum absolute atomic E-state index is 0.0300. The summed E-state index contributed by atoms with van der Waals surface area (Å²) in [5.74, 6) is 0.0939. The first kappa shape index (κ1) is 31.7. The molecule has 1 heterocycles. The van der Waals surface area contributed by atoms with Crippen LogP contribution in [0.1, 0.15) is 51.0 Å². The number of hydrogen-bond donors (Lipinski definition) is 1. The highest BCUT2D eigenvalue weighted by Gasteiger charge is 2.35. The van der Waals surface area contributed by atoms with Crippen LogP contribution in [0.2, 0.25) is 5.02 Å². The molecule has 0 aromatic heterocycles. The van der Waals surface area contributed by atoms with Gasteiger partial charge in [-0.05, 0) is 55.2 Å². The van der Waals surface area contributed by atoms with Gasteiger partial charge >= 0.3 is 0 Å². The number of hydrogen-bond acceptors (Lipinski definition) is 6. The van der Waals surface area contributed by atoms with Gasteiger partial charge in [-0.15, -0.1) is 0 Å². The van der Waals surface area contributed by atoms with Crippen LogP contribution in [0.3, 0.4) is 0 Å². The van der Waals surface area contributed by atoms with E-state index in [1.807, 2.05) is 13.0 Å². The summed E-state index contributed by atoms with van der Waals surface area (Å²) in [5, 5.41) is 3.61. The number of fused-ring (bicyclic) bond motifs is 1. The molecule has 0 spiro atoms. The first-order valence-electron chi connectivity index (χ1n) is 15.1. The predicted molar refractivity (Wildman–Crippen MR) is 170 cm³/mol. The van der Waals surface area contributed by atoms with Crippen molar-refractivity contribution in [2.45, 2.75) is 69.0 Å². The second kappa shape index (κ2) is 14.3. The molecule has 0 saturated heterocycles. The number of carbonyl (C=O) groups excluding carboxylic acids is 2. The standard InChI is InChI=1S/C33H38ClN3O6S/c1-2-29(33(39)35-25-12-5-3-6-13-25)36(22-24-11-9-10-16-28(24)34)32(38)23-37(44(40,41)27-14-7-4-8-15-27)26-17-18-30-31(21-26)43-20-19-42-30/h4,7-11,14-18,21,25,29H,2-3,5-6,12-13,19-20,22-23H2,1H3,(H,35,39)/t29-/m0/s1. The van der Waals surface area contributed by atoms with Crippen molar-refractivity contribution in [1.82, 2.24) is 10.2 Å². The third kappa shape index (κ3) is 7.30. The number of sulfonamides is 1. The maximum atomic E-state index is 14.3. The van der Waals surface area contributed by atoms with Gasteiger partial charge in [0.2, 0.25) is 11.8 Å². The van der Waals surface area contributed by atoms with Crippen LogP contribution in [0.5, 0.6) is 11.5 Å². The van der Waals surface area contributed by atoms with E-state index < -0.39 is 28.5 Å². The number of halogens is 1. The van der Waals surface area contributed by atoms with Crippen LogP contribution in [0.15, 0.2) is 77.7 Å². The lowest BCUT2D eigenvalue weighted by molar-refractivity contribution is -0.140. The Kier molecular flexibility index (Phi) is 10.3. The van der Waals surface area contributed by atoms with E-state index in [4.69, 9.17) is 21.1 Å². The zero-order valence-corrected chi connectivity index (χ0v) is 26.4. The Morgan fingerprint density at radius 3 is 2.32 bits per heavy atom. The average molecular weight is 640 g/mol. The molecule has 2 aliphatic rings. The van der Waals surface area contributed by atoms with Crippen LogP contribution in [-0.4, -0.2) is 57.0 Å². The van der Waals surface area contributed by atoms with E-state index in [-0.39, 0.29) is 29.1 Å². The van der Waals surface area contributed by atoms with E-state index in [0.29, 0.717) is 41.7 Å². The van der Waals surface area contributed by atoms with Crippen molar-refractivity contribution in [2.24, 2.45) is 0 Å². The highest BCUT2D eigenvalue weighted by atomic mass is 35.5. The third-order valence-corrected chi connectivity index (χ3v) is 10.2. The number of nitrogens with one attached hydrogen (secondary N) is 1. The van der Waals surface area contributed by atoms with Crippen molar-refractivity contribution < 1.29 is 27.5 Å². The zero-order chi connectivity index (χ0) is 31.1. The second-order valence-corrected chi connectivity index (χ2v) is 13.3. The van der Waals surface area contributed by atoms with Gasteiger partial charge in [-0.3, -0.25) is 13.9 Å². The molecule has 9 nitrogen and oxygen atoms in total. The van der Waals surface area contributed by atoms with Gasteiger partial charge in [-0.25, -0.2) is 8.42 Å². The number of amides is 2. The first-order valence-corrected chi connectivity index (χ1v) is 16.9. The van der Waals surface area contributed by atoms with Crippen molar-refractivity contribution in [3.8, 4) is 11.5 Å². The van der Waals surface area contributed by atoms with E-state index in [1.54, 1.807) is 54.6 Å². The van der Waals surface area contributed by atoms with Crippen molar-refractivity contribution >= 4 is 39.1 Å². The summed E-state index contributed by atoms with van der Waals surface area (Å²) in [5.41, 5.74) is 0.895. The maximum absolute atomic E-state index is 14.3. The van der Waals surface area contributed by atoms with Crippen LogP contribution in [0.25, 0.3) is 0 Å². The lowest BCUT2D eigenvalue weighted by Gasteiger charge is -2.34. The van der Waals surface area contributed by atoms with E-state index in [0.717, 1.165) is 36.4 Å². The molecule has 1 aliphatic heterocycles. The monoisotopic (exact) mass is 639 g/mol. The largest absolute Gasteiger partial charge is 0.486 e. The van der Waals surface area contributed by atoms with E-state index >= 15 is 0 Å².